The van der Waals surface area contributed by atoms with Crippen molar-refractivity contribution in [2.24, 2.45) is 0 Å². The Labute approximate surface area is 280 Å². The van der Waals surface area contributed by atoms with E-state index in [9.17, 15) is 19.4 Å². The number of nitrogens with zero attached hydrogens (tertiary/aromatic N) is 1. The smallest absolute Gasteiger partial charge is 0.228 e. The van der Waals surface area contributed by atoms with Gasteiger partial charge in [-0.25, -0.2) is 4.39 Å². The van der Waals surface area contributed by atoms with E-state index in [0.717, 1.165) is 52.3 Å². The number of amides is 1. The molecule has 0 saturated carbocycles. The number of aromatic hydroxyl groups is 1. The molecule has 0 aromatic heterocycles. The molecule has 5 nitrogen and oxygen atoms in total. The van der Waals surface area contributed by atoms with Crippen LogP contribution in [0.4, 0.5) is 10.1 Å². The van der Waals surface area contributed by atoms with Gasteiger partial charge in [0.15, 0.2) is 0 Å². The number of aliphatic hydroxyl groups is 1. The lowest BCUT2D eigenvalue weighted by Gasteiger charge is -2.30. The molecular weight excluding hydrogens is 589 g/mol. The number of allylic oxidation sites excluding steroid dienone is 9. The highest BCUT2D eigenvalue weighted by Gasteiger charge is 2.24. The van der Waals surface area contributed by atoms with E-state index in [4.69, 9.17) is 4.74 Å². The Bertz CT molecular complexity index is 1550. The molecule has 1 fully saturated rings. The van der Waals surface area contributed by atoms with Gasteiger partial charge in [0.05, 0.1) is 11.9 Å². The molecule has 0 aliphatic carbocycles. The number of carbonyl (C=O) groups excluding carboxylic acids is 1. The van der Waals surface area contributed by atoms with Gasteiger partial charge in [-0.1, -0.05) is 106 Å². The van der Waals surface area contributed by atoms with Crippen molar-refractivity contribution in [1.82, 2.24) is 0 Å². The number of carbonyl (C=O) groups is 1. The summed E-state index contributed by atoms with van der Waals surface area (Å²) < 4.78 is 18.3. The fourth-order valence-electron chi connectivity index (χ4n) is 4.28. The average molecular weight is 638 g/mol. The Balaban J connectivity index is 0.000000284. The van der Waals surface area contributed by atoms with E-state index in [2.05, 4.69) is 20.1 Å². The average Bonchev–Trinajstić information content (AvgIpc) is 3.08. The Morgan fingerprint density at radius 1 is 1.00 bits per heavy atom. The molecule has 248 valence electrons. The van der Waals surface area contributed by atoms with E-state index in [1.807, 2.05) is 93.6 Å². The third kappa shape index (κ3) is 13.9. The predicted octanol–water partition coefficient (Wildman–Crippen LogP) is 10.0. The summed E-state index contributed by atoms with van der Waals surface area (Å²) in [4.78, 5) is 12.7. The van der Waals surface area contributed by atoms with Crippen molar-refractivity contribution in [1.29, 1.82) is 0 Å². The summed E-state index contributed by atoms with van der Waals surface area (Å²) in [5.74, 6) is 1.17. The molecule has 1 amide bonds. The molecule has 3 aromatic carbocycles. The van der Waals surface area contributed by atoms with Crippen LogP contribution in [0.25, 0.3) is 5.57 Å². The van der Waals surface area contributed by atoms with Gasteiger partial charge >= 0.3 is 0 Å². The zero-order chi connectivity index (χ0) is 34.6. The van der Waals surface area contributed by atoms with Gasteiger partial charge in [0.25, 0.3) is 0 Å². The zero-order valence-electron chi connectivity index (χ0n) is 28.0. The second-order valence-electron chi connectivity index (χ2n) is 10.9. The fraction of sp³-hybridized carbons (Fsp3) is 0.244. The quantitative estimate of drug-likeness (QED) is 0.118. The molecule has 1 saturated heterocycles. The van der Waals surface area contributed by atoms with Gasteiger partial charge in [-0.2, -0.15) is 0 Å². The molecular formula is C41H48FNO4. The van der Waals surface area contributed by atoms with Crippen LogP contribution in [0.3, 0.4) is 0 Å². The van der Waals surface area contributed by atoms with Crippen LogP contribution in [0.1, 0.15) is 64.2 Å². The second kappa shape index (κ2) is 21.0. The fourth-order valence-corrected chi connectivity index (χ4v) is 4.28. The molecule has 47 heavy (non-hydrogen) atoms. The van der Waals surface area contributed by atoms with E-state index in [-0.39, 0.29) is 17.5 Å². The zero-order valence-corrected chi connectivity index (χ0v) is 28.0. The van der Waals surface area contributed by atoms with E-state index in [0.29, 0.717) is 19.4 Å². The molecule has 3 aromatic rings. The standard InChI is InChI=1S/C23H28O2.C9H11FO.C9H9NO/c1-6-8-9-11-18(3)17-25-23(7-2)20(5)15-14-19(4)21-12-10-13-22(24)16-21;1-2-9(11)7-3-5-8(10)6-4-7;11-9-6-7-10(9)8-4-2-1-3-5-8/h6,8-16,24H,1,4,7,17H2,2-3,5H3;3-6,9,11H,2H2,1H3;1-5H,6-7H2/b9-8-,15-14-,18-11+,23-20+;;. The van der Waals surface area contributed by atoms with Crippen LogP contribution in [-0.2, 0) is 9.53 Å². The summed E-state index contributed by atoms with van der Waals surface area (Å²) in [5.41, 5.74) is 5.74. The minimum atomic E-state index is -0.462. The van der Waals surface area contributed by atoms with Gasteiger partial charge in [-0.3, -0.25) is 4.79 Å². The highest BCUT2D eigenvalue weighted by atomic mass is 19.1. The van der Waals surface area contributed by atoms with Gasteiger partial charge in [-0.15, -0.1) is 0 Å². The van der Waals surface area contributed by atoms with E-state index in [1.54, 1.807) is 35.2 Å². The summed E-state index contributed by atoms with van der Waals surface area (Å²) >= 11 is 0. The number of hydrogen-bond acceptors (Lipinski definition) is 4. The SMILES string of the molecule is C=C/C=C\C=C(/C)CO/C(CC)=C(C)/C=C\C(=C)c1cccc(O)c1.CCC(O)c1ccc(F)cc1.O=C1CCN1c1ccccc1. The van der Waals surface area contributed by atoms with Crippen molar-refractivity contribution in [3.8, 4) is 5.75 Å². The Morgan fingerprint density at radius 2 is 1.70 bits per heavy atom. The Kier molecular flexibility index (Phi) is 17.1. The third-order valence-electron chi connectivity index (χ3n) is 7.17. The molecule has 1 atom stereocenters. The second-order valence-corrected chi connectivity index (χ2v) is 10.9. The summed E-state index contributed by atoms with van der Waals surface area (Å²) in [6.07, 6.45) is 13.3. The normalized spacial score (nSPS) is 13.9. The Hall–Kier alpha value is -4.94. The number of hydrogen-bond donors (Lipinski definition) is 2. The largest absolute Gasteiger partial charge is 0.508 e. The number of halogens is 1. The minimum Gasteiger partial charge on any atom is -0.508 e. The monoisotopic (exact) mass is 637 g/mol. The van der Waals surface area contributed by atoms with E-state index >= 15 is 0 Å². The van der Waals surface area contributed by atoms with Crippen LogP contribution in [-0.4, -0.2) is 29.3 Å². The molecule has 4 rings (SSSR count). The minimum absolute atomic E-state index is 0.233. The molecule has 1 aliphatic rings. The lowest BCUT2D eigenvalue weighted by atomic mass is 10.1. The van der Waals surface area contributed by atoms with Crippen molar-refractivity contribution in [3.05, 3.63) is 162 Å². The first-order chi connectivity index (χ1) is 22.6. The number of rotatable bonds is 12. The molecule has 2 N–H and O–H groups in total. The summed E-state index contributed by atoms with van der Waals surface area (Å²) in [6.45, 7) is 17.2. The molecule has 1 heterocycles. The van der Waals surface area contributed by atoms with Crippen molar-refractivity contribution in [3.63, 3.8) is 0 Å². The van der Waals surface area contributed by atoms with Crippen molar-refractivity contribution < 1.29 is 24.1 Å². The summed E-state index contributed by atoms with van der Waals surface area (Å²) in [7, 11) is 0. The van der Waals surface area contributed by atoms with Gasteiger partial charge < -0.3 is 19.8 Å². The number of benzene rings is 3. The summed E-state index contributed by atoms with van der Waals surface area (Å²) in [6, 6.07) is 22.7. The highest BCUT2D eigenvalue weighted by molar-refractivity contribution is 5.99. The van der Waals surface area contributed by atoms with Crippen LogP contribution >= 0.6 is 0 Å². The predicted molar refractivity (Wildman–Crippen MR) is 193 cm³/mol. The summed E-state index contributed by atoms with van der Waals surface area (Å²) in [5, 5.41) is 18.9. The van der Waals surface area contributed by atoms with Crippen molar-refractivity contribution in [2.45, 2.75) is 53.1 Å². The molecule has 0 radical (unpaired) electrons. The van der Waals surface area contributed by atoms with E-state index < -0.39 is 6.10 Å². The number of anilines is 1. The number of phenolic OH excluding ortho intramolecular Hbond substituents is 1. The molecule has 1 unspecified atom stereocenters. The van der Waals surface area contributed by atoms with Crippen LogP contribution < -0.4 is 4.90 Å². The maximum atomic E-state index is 12.4. The Morgan fingerprint density at radius 3 is 2.26 bits per heavy atom. The van der Waals surface area contributed by atoms with Gasteiger partial charge in [0.2, 0.25) is 5.91 Å². The topological polar surface area (TPSA) is 70.0 Å². The number of ether oxygens (including phenoxy) is 1. The third-order valence-corrected chi connectivity index (χ3v) is 7.17. The number of aliphatic hydroxyl groups excluding tert-OH is 1. The van der Waals surface area contributed by atoms with Gasteiger partial charge in [-0.05, 0) is 84.5 Å². The first kappa shape index (κ1) is 38.2. The first-order valence-electron chi connectivity index (χ1n) is 15.8. The first-order valence-corrected chi connectivity index (χ1v) is 15.8. The molecule has 0 bridgehead atoms. The van der Waals surface area contributed by atoms with Crippen molar-refractivity contribution in [2.75, 3.05) is 18.1 Å². The number of para-hydroxylation sites is 1. The molecule has 6 heteroatoms. The lowest BCUT2D eigenvalue weighted by molar-refractivity contribution is -0.122. The van der Waals surface area contributed by atoms with Gasteiger partial charge in [0, 0.05) is 25.1 Å². The van der Waals surface area contributed by atoms with E-state index in [1.165, 1.54) is 12.1 Å². The van der Waals surface area contributed by atoms with Gasteiger partial charge in [0.1, 0.15) is 18.2 Å². The highest BCUT2D eigenvalue weighted by Crippen LogP contribution is 2.22. The van der Waals surface area contributed by atoms with Crippen LogP contribution in [0.15, 0.2) is 145 Å². The number of phenols is 1. The van der Waals surface area contributed by atoms with Crippen molar-refractivity contribution >= 4 is 17.2 Å². The van der Waals surface area contributed by atoms with Crippen LogP contribution in [0, 0.1) is 5.82 Å². The van der Waals surface area contributed by atoms with Crippen LogP contribution in [0.5, 0.6) is 5.75 Å². The lowest BCUT2D eigenvalue weighted by Crippen LogP contribution is -2.43. The maximum absolute atomic E-state index is 12.4. The maximum Gasteiger partial charge on any atom is 0.228 e. The molecule has 1 aliphatic heterocycles. The molecule has 0 spiro atoms. The number of β-lactam (4-membered cyclic amide) rings is 1. The van der Waals surface area contributed by atoms with Crippen LogP contribution in [0.2, 0.25) is 0 Å².